The van der Waals surface area contributed by atoms with Crippen LogP contribution in [0.5, 0.6) is 0 Å². The zero-order valence-electron chi connectivity index (χ0n) is 10.9. The average Bonchev–Trinajstić information content (AvgIpc) is 3.12. The van der Waals surface area contributed by atoms with Crippen molar-refractivity contribution >= 4 is 40.1 Å². The van der Waals surface area contributed by atoms with Crippen LogP contribution >= 0.6 is 22.6 Å². The molecule has 2 bridgehead atoms. The maximum atomic E-state index is 12.8. The van der Waals surface area contributed by atoms with Crippen molar-refractivity contribution in [2.75, 3.05) is 11.5 Å². The van der Waals surface area contributed by atoms with Crippen molar-refractivity contribution in [1.82, 2.24) is 0 Å². The van der Waals surface area contributed by atoms with Crippen LogP contribution in [-0.4, -0.2) is 35.2 Å². The van der Waals surface area contributed by atoms with Gasteiger partial charge in [-0.25, -0.2) is 4.90 Å². The van der Waals surface area contributed by atoms with Crippen molar-refractivity contribution in [3.63, 3.8) is 0 Å². The largest absolute Gasteiger partial charge is 0.393 e. The number of fused-ring (bicyclic) bond motifs is 5. The molecule has 0 saturated carbocycles. The van der Waals surface area contributed by atoms with E-state index in [-0.39, 0.29) is 18.4 Å². The number of ether oxygens (including phenoxy) is 1. The SMILES string of the molecule is O=C1[C@@H]2[C@@H](C(=O)N1c1ccccc1I)[C@]1(CO)C=C[C@H]2O1. The van der Waals surface area contributed by atoms with E-state index in [0.29, 0.717) is 5.69 Å². The second-order valence-corrected chi connectivity index (χ2v) is 6.68. The first kappa shape index (κ1) is 13.4. The van der Waals surface area contributed by atoms with Gasteiger partial charge in [0, 0.05) is 3.57 Å². The highest BCUT2D eigenvalue weighted by molar-refractivity contribution is 14.1. The van der Waals surface area contributed by atoms with E-state index in [1.807, 2.05) is 12.1 Å². The van der Waals surface area contributed by atoms with E-state index in [2.05, 4.69) is 22.6 Å². The minimum absolute atomic E-state index is 0.237. The Labute approximate surface area is 134 Å². The van der Waals surface area contributed by atoms with Gasteiger partial charge in [-0.2, -0.15) is 0 Å². The van der Waals surface area contributed by atoms with E-state index in [1.54, 1.807) is 24.3 Å². The van der Waals surface area contributed by atoms with Crippen LogP contribution in [0.3, 0.4) is 0 Å². The summed E-state index contributed by atoms with van der Waals surface area (Å²) in [5.74, 6) is -1.67. The normalized spacial score (nSPS) is 36.7. The van der Waals surface area contributed by atoms with E-state index >= 15 is 0 Å². The third-order valence-corrected chi connectivity index (χ3v) is 5.41. The molecule has 21 heavy (non-hydrogen) atoms. The minimum Gasteiger partial charge on any atom is -0.393 e. The first-order valence-corrected chi connectivity index (χ1v) is 7.77. The molecule has 1 N–H and O–H groups in total. The number of carbonyl (C=O) groups excluding carboxylic acids is 2. The molecule has 3 aliphatic heterocycles. The molecular formula is C15H12INO4. The number of anilines is 1. The fourth-order valence-corrected chi connectivity index (χ4v) is 4.18. The molecule has 3 heterocycles. The lowest BCUT2D eigenvalue weighted by atomic mass is 9.77. The number of halogens is 1. The number of aliphatic hydroxyl groups is 1. The number of rotatable bonds is 2. The summed E-state index contributed by atoms with van der Waals surface area (Å²) in [6.07, 6.45) is 3.09. The molecule has 0 unspecified atom stereocenters. The minimum atomic E-state index is -1.03. The lowest BCUT2D eigenvalue weighted by Crippen LogP contribution is -2.43. The topological polar surface area (TPSA) is 66.8 Å². The molecule has 0 aliphatic carbocycles. The lowest BCUT2D eigenvalue weighted by molar-refractivity contribution is -0.128. The van der Waals surface area contributed by atoms with Crippen molar-refractivity contribution < 1.29 is 19.4 Å². The zero-order valence-corrected chi connectivity index (χ0v) is 13.1. The Morgan fingerprint density at radius 3 is 2.76 bits per heavy atom. The molecule has 0 aromatic heterocycles. The van der Waals surface area contributed by atoms with E-state index in [0.717, 1.165) is 3.57 Å². The Balaban J connectivity index is 1.81. The number of hydrogen-bond acceptors (Lipinski definition) is 4. The first-order valence-electron chi connectivity index (χ1n) is 6.69. The lowest BCUT2D eigenvalue weighted by Gasteiger charge is -2.26. The molecule has 1 aromatic rings. The molecule has 4 atom stereocenters. The average molecular weight is 397 g/mol. The summed E-state index contributed by atoms with van der Waals surface area (Å²) >= 11 is 2.11. The summed E-state index contributed by atoms with van der Waals surface area (Å²) in [6.45, 7) is -0.292. The third kappa shape index (κ3) is 1.58. The first-order chi connectivity index (χ1) is 10.1. The van der Waals surface area contributed by atoms with Gasteiger partial charge in [-0.05, 0) is 34.7 Å². The molecule has 3 aliphatic rings. The van der Waals surface area contributed by atoms with Gasteiger partial charge in [0.05, 0.1) is 30.2 Å². The van der Waals surface area contributed by atoms with E-state index in [4.69, 9.17) is 4.74 Å². The number of carbonyl (C=O) groups is 2. The van der Waals surface area contributed by atoms with Gasteiger partial charge in [0.2, 0.25) is 11.8 Å². The molecule has 2 amide bonds. The standard InChI is InChI=1S/C15H12INO4/c16-8-3-1-2-4-9(8)17-13(19)11-10-5-6-15(7-18,21-10)12(11)14(17)20/h1-6,10-12,18H,7H2/t10-,11+,12+,15-/m1/s1. The molecule has 108 valence electrons. The van der Waals surface area contributed by atoms with Gasteiger partial charge in [-0.1, -0.05) is 24.3 Å². The number of benzene rings is 1. The Morgan fingerprint density at radius 2 is 2.05 bits per heavy atom. The fourth-order valence-electron chi connectivity index (χ4n) is 3.55. The van der Waals surface area contributed by atoms with Gasteiger partial charge < -0.3 is 9.84 Å². The van der Waals surface area contributed by atoms with Gasteiger partial charge in [0.25, 0.3) is 0 Å². The molecule has 2 saturated heterocycles. The second kappa shape index (κ2) is 4.37. The quantitative estimate of drug-likeness (QED) is 0.461. The van der Waals surface area contributed by atoms with Crippen LogP contribution < -0.4 is 4.90 Å². The number of aliphatic hydroxyl groups excluding tert-OH is 1. The summed E-state index contributed by atoms with van der Waals surface area (Å²) in [4.78, 5) is 26.7. The maximum absolute atomic E-state index is 12.8. The number of para-hydroxylation sites is 1. The Morgan fingerprint density at radius 1 is 1.29 bits per heavy atom. The number of nitrogens with zero attached hydrogens (tertiary/aromatic N) is 1. The zero-order chi connectivity index (χ0) is 14.8. The molecule has 0 spiro atoms. The highest BCUT2D eigenvalue weighted by Crippen LogP contribution is 2.52. The van der Waals surface area contributed by atoms with Gasteiger partial charge in [-0.15, -0.1) is 0 Å². The summed E-state index contributed by atoms with van der Waals surface area (Å²) in [5.41, 5.74) is -0.424. The van der Waals surface area contributed by atoms with E-state index in [1.165, 1.54) is 4.90 Å². The Kier molecular flexibility index (Phi) is 2.79. The van der Waals surface area contributed by atoms with Gasteiger partial charge in [-0.3, -0.25) is 9.59 Å². The van der Waals surface area contributed by atoms with Crippen LogP contribution in [0.15, 0.2) is 36.4 Å². The highest BCUT2D eigenvalue weighted by Gasteiger charge is 2.67. The van der Waals surface area contributed by atoms with Crippen LogP contribution in [0.2, 0.25) is 0 Å². The summed E-state index contributed by atoms with van der Waals surface area (Å²) in [7, 11) is 0. The molecule has 6 heteroatoms. The van der Waals surface area contributed by atoms with Crippen LogP contribution in [-0.2, 0) is 14.3 Å². The van der Waals surface area contributed by atoms with Gasteiger partial charge in [0.15, 0.2) is 0 Å². The molecule has 5 nitrogen and oxygen atoms in total. The monoisotopic (exact) mass is 397 g/mol. The Bertz CT molecular complexity index is 688. The third-order valence-electron chi connectivity index (χ3n) is 4.50. The molecular weight excluding hydrogens is 385 g/mol. The summed E-state index contributed by atoms with van der Waals surface area (Å²) in [5, 5.41) is 9.65. The second-order valence-electron chi connectivity index (χ2n) is 5.52. The van der Waals surface area contributed by atoms with Gasteiger partial charge >= 0.3 is 0 Å². The van der Waals surface area contributed by atoms with Crippen molar-refractivity contribution in [2.24, 2.45) is 11.8 Å². The Hall–Kier alpha value is -1.25. The van der Waals surface area contributed by atoms with E-state index < -0.39 is 23.5 Å². The molecule has 4 rings (SSSR count). The molecule has 1 aromatic carbocycles. The van der Waals surface area contributed by atoms with Crippen LogP contribution in [0, 0.1) is 15.4 Å². The molecule has 2 fully saturated rings. The number of hydrogen-bond donors (Lipinski definition) is 1. The number of amides is 2. The van der Waals surface area contributed by atoms with Crippen molar-refractivity contribution in [3.8, 4) is 0 Å². The predicted octanol–water partition coefficient (Wildman–Crippen LogP) is 1.10. The highest BCUT2D eigenvalue weighted by atomic mass is 127. The summed E-state index contributed by atoms with van der Waals surface area (Å²) < 4.78 is 6.54. The number of imide groups is 1. The van der Waals surface area contributed by atoms with Crippen molar-refractivity contribution in [3.05, 3.63) is 40.0 Å². The van der Waals surface area contributed by atoms with Crippen molar-refractivity contribution in [1.29, 1.82) is 0 Å². The van der Waals surface area contributed by atoms with Crippen LogP contribution in [0.4, 0.5) is 5.69 Å². The predicted molar refractivity (Wildman–Crippen MR) is 82.5 cm³/mol. The van der Waals surface area contributed by atoms with E-state index in [9.17, 15) is 14.7 Å². The summed E-state index contributed by atoms with van der Waals surface area (Å²) in [6, 6.07) is 7.29. The fraction of sp³-hybridized carbons (Fsp3) is 0.333. The van der Waals surface area contributed by atoms with Crippen LogP contribution in [0.1, 0.15) is 0 Å². The van der Waals surface area contributed by atoms with Crippen molar-refractivity contribution in [2.45, 2.75) is 11.7 Å². The maximum Gasteiger partial charge on any atom is 0.241 e. The van der Waals surface area contributed by atoms with Crippen LogP contribution in [0.25, 0.3) is 0 Å². The van der Waals surface area contributed by atoms with Gasteiger partial charge in [0.1, 0.15) is 5.60 Å². The smallest absolute Gasteiger partial charge is 0.241 e. The molecule has 0 radical (unpaired) electrons.